The van der Waals surface area contributed by atoms with Crippen LogP contribution in [-0.4, -0.2) is 6.04 Å². The molecule has 20 heavy (non-hydrogen) atoms. The summed E-state index contributed by atoms with van der Waals surface area (Å²) in [5, 5.41) is 0. The Morgan fingerprint density at radius 3 is 2.70 bits per heavy atom. The van der Waals surface area contributed by atoms with Gasteiger partial charge in [0.2, 0.25) is 0 Å². The number of halogens is 2. The fourth-order valence-electron chi connectivity index (χ4n) is 1.87. The zero-order valence-corrected chi connectivity index (χ0v) is 12.9. The van der Waals surface area contributed by atoms with E-state index in [9.17, 15) is 4.39 Å². The summed E-state index contributed by atoms with van der Waals surface area (Å²) in [6, 6.07) is 12.5. The van der Waals surface area contributed by atoms with Gasteiger partial charge in [-0.1, -0.05) is 25.1 Å². The van der Waals surface area contributed by atoms with Crippen molar-refractivity contribution in [2.24, 2.45) is 5.73 Å². The zero-order valence-electron chi connectivity index (χ0n) is 11.3. The number of para-hydroxylation sites is 1. The summed E-state index contributed by atoms with van der Waals surface area (Å²) in [5.41, 5.74) is 7.02. The van der Waals surface area contributed by atoms with Gasteiger partial charge >= 0.3 is 0 Å². The first-order valence-corrected chi connectivity index (χ1v) is 7.36. The summed E-state index contributed by atoms with van der Waals surface area (Å²) in [6.07, 6.45) is 1.65. The van der Waals surface area contributed by atoms with Crippen LogP contribution in [0.2, 0.25) is 0 Å². The largest absolute Gasteiger partial charge is 0.457 e. The minimum Gasteiger partial charge on any atom is -0.457 e. The topological polar surface area (TPSA) is 35.2 Å². The van der Waals surface area contributed by atoms with Crippen LogP contribution in [-0.2, 0) is 6.42 Å². The lowest BCUT2D eigenvalue weighted by atomic mass is 10.0. The molecule has 0 aliphatic carbocycles. The molecular formula is C16H17BrFNO. The minimum absolute atomic E-state index is 0.0985. The van der Waals surface area contributed by atoms with Gasteiger partial charge in [0.15, 0.2) is 0 Å². The normalized spacial score (nSPS) is 12.2. The summed E-state index contributed by atoms with van der Waals surface area (Å²) in [6.45, 7) is 2.05. The molecule has 0 heterocycles. The smallest absolute Gasteiger partial charge is 0.141 e. The van der Waals surface area contributed by atoms with Crippen LogP contribution in [0, 0.1) is 5.82 Å². The van der Waals surface area contributed by atoms with E-state index >= 15 is 0 Å². The molecule has 0 radical (unpaired) electrons. The van der Waals surface area contributed by atoms with Gasteiger partial charge in [0.1, 0.15) is 17.3 Å². The van der Waals surface area contributed by atoms with E-state index in [0.717, 1.165) is 24.2 Å². The van der Waals surface area contributed by atoms with Crippen LogP contribution in [0.15, 0.2) is 46.9 Å². The van der Waals surface area contributed by atoms with E-state index in [4.69, 9.17) is 10.5 Å². The Bertz CT molecular complexity index is 588. The van der Waals surface area contributed by atoms with Gasteiger partial charge in [0, 0.05) is 12.1 Å². The average Bonchev–Trinajstić information content (AvgIpc) is 2.45. The summed E-state index contributed by atoms with van der Waals surface area (Å²) >= 11 is 3.12. The molecule has 2 aromatic carbocycles. The second-order valence-corrected chi connectivity index (χ2v) is 5.51. The number of ether oxygens (including phenoxy) is 1. The second kappa shape index (κ2) is 6.86. The lowest BCUT2D eigenvalue weighted by Crippen LogP contribution is -2.21. The molecule has 0 saturated carbocycles. The van der Waals surface area contributed by atoms with E-state index in [2.05, 4.69) is 22.9 Å². The van der Waals surface area contributed by atoms with Gasteiger partial charge in [0.05, 0.1) is 4.47 Å². The van der Waals surface area contributed by atoms with Gasteiger partial charge in [-0.25, -0.2) is 4.39 Å². The number of rotatable bonds is 5. The van der Waals surface area contributed by atoms with Crippen molar-refractivity contribution in [2.75, 3.05) is 0 Å². The van der Waals surface area contributed by atoms with E-state index in [1.807, 2.05) is 24.3 Å². The fourth-order valence-corrected chi connectivity index (χ4v) is 2.11. The van der Waals surface area contributed by atoms with E-state index in [-0.39, 0.29) is 11.9 Å². The van der Waals surface area contributed by atoms with Gasteiger partial charge in [0.25, 0.3) is 0 Å². The number of hydrogen-bond donors (Lipinski definition) is 1. The zero-order chi connectivity index (χ0) is 14.5. The van der Waals surface area contributed by atoms with Gasteiger partial charge in [-0.3, -0.25) is 0 Å². The first-order valence-electron chi connectivity index (χ1n) is 6.56. The summed E-state index contributed by atoms with van der Waals surface area (Å²) in [7, 11) is 0. The first kappa shape index (κ1) is 15.0. The maximum Gasteiger partial charge on any atom is 0.141 e. The molecule has 0 aromatic heterocycles. The highest BCUT2D eigenvalue weighted by atomic mass is 79.9. The Balaban J connectivity index is 2.22. The Hall–Kier alpha value is -1.39. The van der Waals surface area contributed by atoms with Crippen molar-refractivity contribution in [1.29, 1.82) is 0 Å². The van der Waals surface area contributed by atoms with Crippen molar-refractivity contribution in [3.8, 4) is 11.5 Å². The van der Waals surface area contributed by atoms with Gasteiger partial charge in [-0.15, -0.1) is 0 Å². The molecule has 2 rings (SSSR count). The average molecular weight is 338 g/mol. The van der Waals surface area contributed by atoms with Crippen LogP contribution in [0.3, 0.4) is 0 Å². The molecule has 0 spiro atoms. The molecule has 2 nitrogen and oxygen atoms in total. The number of nitrogens with two attached hydrogens (primary N) is 1. The Morgan fingerprint density at radius 1 is 1.25 bits per heavy atom. The predicted molar refractivity (Wildman–Crippen MR) is 82.6 cm³/mol. The van der Waals surface area contributed by atoms with Crippen LogP contribution < -0.4 is 10.5 Å². The molecule has 0 bridgehead atoms. The van der Waals surface area contributed by atoms with Crippen LogP contribution in [0.1, 0.15) is 18.9 Å². The molecule has 0 aliphatic heterocycles. The fraction of sp³-hybridized carbons (Fsp3) is 0.250. The summed E-state index contributed by atoms with van der Waals surface area (Å²) in [4.78, 5) is 0. The highest BCUT2D eigenvalue weighted by molar-refractivity contribution is 9.10. The van der Waals surface area contributed by atoms with Crippen LogP contribution in [0.4, 0.5) is 4.39 Å². The standard InChI is InChI=1S/C16H17BrFNO/c1-2-12(19)9-11-5-3-4-6-16(11)20-13-7-8-14(17)15(18)10-13/h3-8,10,12H,2,9,19H2,1H3. The van der Waals surface area contributed by atoms with Crippen molar-refractivity contribution in [3.63, 3.8) is 0 Å². The first-order chi connectivity index (χ1) is 9.60. The SMILES string of the molecule is CCC(N)Cc1ccccc1Oc1ccc(Br)c(F)c1. The van der Waals surface area contributed by atoms with Crippen molar-refractivity contribution in [2.45, 2.75) is 25.8 Å². The summed E-state index contributed by atoms with van der Waals surface area (Å²) < 4.78 is 19.7. The third kappa shape index (κ3) is 3.81. The van der Waals surface area contributed by atoms with Crippen molar-refractivity contribution >= 4 is 15.9 Å². The molecule has 0 saturated heterocycles. The van der Waals surface area contributed by atoms with Gasteiger partial charge in [-0.2, -0.15) is 0 Å². The van der Waals surface area contributed by atoms with Crippen LogP contribution in [0.25, 0.3) is 0 Å². The molecule has 0 fully saturated rings. The van der Waals surface area contributed by atoms with E-state index in [0.29, 0.717) is 10.2 Å². The molecule has 4 heteroatoms. The highest BCUT2D eigenvalue weighted by Crippen LogP contribution is 2.28. The molecule has 2 aromatic rings. The third-order valence-corrected chi connectivity index (χ3v) is 3.74. The number of hydrogen-bond acceptors (Lipinski definition) is 2. The summed E-state index contributed by atoms with van der Waals surface area (Å²) in [5.74, 6) is 0.853. The Kier molecular flexibility index (Phi) is 5.15. The maximum atomic E-state index is 13.5. The predicted octanol–water partition coefficient (Wildman–Crippen LogP) is 4.66. The van der Waals surface area contributed by atoms with Gasteiger partial charge in [-0.05, 0) is 52.5 Å². The molecular weight excluding hydrogens is 321 g/mol. The second-order valence-electron chi connectivity index (χ2n) is 4.66. The lowest BCUT2D eigenvalue weighted by molar-refractivity contribution is 0.466. The van der Waals surface area contributed by atoms with Crippen LogP contribution >= 0.6 is 15.9 Å². The molecule has 1 unspecified atom stereocenters. The molecule has 0 amide bonds. The molecule has 106 valence electrons. The van der Waals surface area contributed by atoms with E-state index in [1.54, 1.807) is 12.1 Å². The van der Waals surface area contributed by atoms with Gasteiger partial charge < -0.3 is 10.5 Å². The van der Waals surface area contributed by atoms with Crippen molar-refractivity contribution in [3.05, 3.63) is 58.3 Å². The minimum atomic E-state index is -0.342. The number of benzene rings is 2. The Labute approximate surface area is 126 Å². The molecule has 0 aliphatic rings. The van der Waals surface area contributed by atoms with Crippen LogP contribution in [0.5, 0.6) is 11.5 Å². The third-order valence-electron chi connectivity index (χ3n) is 3.10. The Morgan fingerprint density at radius 2 is 2.00 bits per heavy atom. The molecule has 2 N–H and O–H groups in total. The maximum absolute atomic E-state index is 13.5. The van der Waals surface area contributed by atoms with E-state index in [1.165, 1.54) is 6.07 Å². The van der Waals surface area contributed by atoms with Crippen molar-refractivity contribution in [1.82, 2.24) is 0 Å². The van der Waals surface area contributed by atoms with E-state index < -0.39 is 0 Å². The highest BCUT2D eigenvalue weighted by Gasteiger charge is 2.09. The monoisotopic (exact) mass is 337 g/mol. The quantitative estimate of drug-likeness (QED) is 0.861. The van der Waals surface area contributed by atoms with Crippen molar-refractivity contribution < 1.29 is 9.13 Å². The lowest BCUT2D eigenvalue weighted by Gasteiger charge is -2.14. The molecule has 1 atom stereocenters.